The SMILES string of the molecule is O=C(NCc1nc2ccccc2c(=O)[nH]1)c1cscn1. The second-order valence-electron chi connectivity index (χ2n) is 4.09. The molecule has 6 nitrogen and oxygen atoms in total. The zero-order chi connectivity index (χ0) is 13.9. The van der Waals surface area contributed by atoms with Crippen LogP contribution in [0.3, 0.4) is 0 Å². The van der Waals surface area contributed by atoms with E-state index in [2.05, 4.69) is 20.3 Å². The summed E-state index contributed by atoms with van der Waals surface area (Å²) in [4.78, 5) is 34.5. The van der Waals surface area contributed by atoms with E-state index in [1.807, 2.05) is 6.07 Å². The molecule has 0 fully saturated rings. The number of hydrogen-bond donors (Lipinski definition) is 2. The van der Waals surface area contributed by atoms with Gasteiger partial charge in [-0.2, -0.15) is 0 Å². The van der Waals surface area contributed by atoms with Gasteiger partial charge in [0.25, 0.3) is 11.5 Å². The van der Waals surface area contributed by atoms with Crippen molar-refractivity contribution in [2.75, 3.05) is 0 Å². The van der Waals surface area contributed by atoms with Gasteiger partial charge in [-0.15, -0.1) is 11.3 Å². The number of nitrogens with zero attached hydrogens (tertiary/aromatic N) is 2. The Bertz CT molecular complexity index is 811. The number of rotatable bonds is 3. The largest absolute Gasteiger partial charge is 0.343 e. The van der Waals surface area contributed by atoms with E-state index in [9.17, 15) is 9.59 Å². The molecule has 3 rings (SSSR count). The molecule has 0 atom stereocenters. The quantitative estimate of drug-likeness (QED) is 0.760. The van der Waals surface area contributed by atoms with Crippen LogP contribution in [-0.2, 0) is 6.54 Å². The molecule has 0 saturated carbocycles. The van der Waals surface area contributed by atoms with Crippen LogP contribution in [-0.4, -0.2) is 20.9 Å². The molecule has 1 aromatic carbocycles. The maximum atomic E-state index is 11.9. The third-order valence-corrected chi connectivity index (χ3v) is 3.33. The van der Waals surface area contributed by atoms with Gasteiger partial charge in [-0.25, -0.2) is 9.97 Å². The minimum Gasteiger partial charge on any atom is -0.343 e. The average molecular weight is 286 g/mol. The number of amides is 1. The van der Waals surface area contributed by atoms with Gasteiger partial charge in [0.2, 0.25) is 0 Å². The highest BCUT2D eigenvalue weighted by Gasteiger charge is 2.08. The predicted octanol–water partition coefficient (Wildman–Crippen LogP) is 1.31. The Morgan fingerprint density at radius 3 is 3.00 bits per heavy atom. The van der Waals surface area contributed by atoms with Gasteiger partial charge in [-0.1, -0.05) is 12.1 Å². The van der Waals surface area contributed by atoms with Gasteiger partial charge < -0.3 is 10.3 Å². The van der Waals surface area contributed by atoms with Crippen LogP contribution in [0.2, 0.25) is 0 Å². The molecular weight excluding hydrogens is 276 g/mol. The van der Waals surface area contributed by atoms with Crippen molar-refractivity contribution >= 4 is 28.1 Å². The predicted molar refractivity (Wildman–Crippen MR) is 75.6 cm³/mol. The average Bonchev–Trinajstić information content (AvgIpc) is 2.99. The molecule has 2 aromatic heterocycles. The minimum absolute atomic E-state index is 0.149. The molecule has 0 spiro atoms. The number of para-hydroxylation sites is 1. The second kappa shape index (κ2) is 5.22. The third-order valence-electron chi connectivity index (χ3n) is 2.74. The van der Waals surface area contributed by atoms with Crippen molar-refractivity contribution < 1.29 is 4.79 Å². The van der Waals surface area contributed by atoms with Gasteiger partial charge >= 0.3 is 0 Å². The van der Waals surface area contributed by atoms with Crippen LogP contribution >= 0.6 is 11.3 Å². The Labute approximate surface area is 117 Å². The molecule has 0 aliphatic rings. The molecule has 0 aliphatic carbocycles. The number of nitrogens with one attached hydrogen (secondary N) is 2. The summed E-state index contributed by atoms with van der Waals surface area (Å²) in [6.45, 7) is 0.149. The van der Waals surface area contributed by atoms with E-state index in [1.54, 1.807) is 29.1 Å². The number of carbonyl (C=O) groups is 1. The van der Waals surface area contributed by atoms with Crippen LogP contribution in [0.4, 0.5) is 0 Å². The zero-order valence-electron chi connectivity index (χ0n) is 10.3. The summed E-state index contributed by atoms with van der Waals surface area (Å²) in [6.07, 6.45) is 0. The monoisotopic (exact) mass is 286 g/mol. The zero-order valence-corrected chi connectivity index (χ0v) is 11.1. The number of aromatic nitrogens is 3. The first kappa shape index (κ1) is 12.5. The summed E-state index contributed by atoms with van der Waals surface area (Å²) in [7, 11) is 0. The fraction of sp³-hybridized carbons (Fsp3) is 0.0769. The molecule has 0 bridgehead atoms. The summed E-state index contributed by atoms with van der Waals surface area (Å²) in [6, 6.07) is 7.06. The van der Waals surface area contributed by atoms with Crippen molar-refractivity contribution in [2.45, 2.75) is 6.54 Å². The molecule has 20 heavy (non-hydrogen) atoms. The smallest absolute Gasteiger partial charge is 0.271 e. The normalized spacial score (nSPS) is 10.6. The van der Waals surface area contributed by atoms with E-state index >= 15 is 0 Å². The van der Waals surface area contributed by atoms with E-state index in [0.717, 1.165) is 0 Å². The maximum absolute atomic E-state index is 11.9. The Balaban J connectivity index is 1.81. The van der Waals surface area contributed by atoms with Crippen molar-refractivity contribution in [3.63, 3.8) is 0 Å². The van der Waals surface area contributed by atoms with Crippen LogP contribution in [0.5, 0.6) is 0 Å². The Morgan fingerprint density at radius 1 is 1.35 bits per heavy atom. The van der Waals surface area contributed by atoms with Gasteiger partial charge in [-0.3, -0.25) is 9.59 Å². The third kappa shape index (κ3) is 2.43. The van der Waals surface area contributed by atoms with Crippen LogP contribution in [0, 0.1) is 0 Å². The number of H-pyrrole nitrogens is 1. The fourth-order valence-electron chi connectivity index (χ4n) is 1.80. The molecule has 0 aliphatic heterocycles. The van der Waals surface area contributed by atoms with Crippen molar-refractivity contribution in [3.8, 4) is 0 Å². The molecule has 2 heterocycles. The van der Waals surface area contributed by atoms with Crippen LogP contribution < -0.4 is 10.9 Å². The molecule has 7 heteroatoms. The highest BCUT2D eigenvalue weighted by Crippen LogP contribution is 2.06. The lowest BCUT2D eigenvalue weighted by Gasteiger charge is -2.04. The molecule has 0 saturated heterocycles. The number of fused-ring (bicyclic) bond motifs is 1. The van der Waals surface area contributed by atoms with Gasteiger partial charge in [-0.05, 0) is 12.1 Å². The molecule has 3 aromatic rings. The summed E-state index contributed by atoms with van der Waals surface area (Å²) in [5, 5.41) is 4.85. The van der Waals surface area contributed by atoms with Crippen molar-refractivity contribution in [1.29, 1.82) is 0 Å². The summed E-state index contributed by atoms with van der Waals surface area (Å²) in [5.74, 6) is 0.124. The topological polar surface area (TPSA) is 87.7 Å². The molecule has 1 amide bonds. The first-order valence-electron chi connectivity index (χ1n) is 5.88. The molecule has 0 radical (unpaired) electrons. The molecule has 2 N–H and O–H groups in total. The van der Waals surface area contributed by atoms with E-state index in [0.29, 0.717) is 22.4 Å². The van der Waals surface area contributed by atoms with E-state index in [4.69, 9.17) is 0 Å². The standard InChI is InChI=1S/C13H10N4O2S/c18-12-8-3-1-2-4-9(8)16-11(17-12)5-14-13(19)10-6-20-7-15-10/h1-4,6-7H,5H2,(H,14,19)(H,16,17,18). The number of aromatic amines is 1. The highest BCUT2D eigenvalue weighted by atomic mass is 32.1. The van der Waals surface area contributed by atoms with Gasteiger partial charge in [0.05, 0.1) is 23.0 Å². The first-order chi connectivity index (χ1) is 9.74. The van der Waals surface area contributed by atoms with Crippen LogP contribution in [0.1, 0.15) is 16.3 Å². The molecular formula is C13H10N4O2S. The number of carbonyl (C=O) groups excluding carboxylic acids is 1. The second-order valence-corrected chi connectivity index (χ2v) is 4.80. The summed E-state index contributed by atoms with van der Waals surface area (Å²) in [5.41, 5.74) is 2.34. The lowest BCUT2D eigenvalue weighted by Crippen LogP contribution is -2.25. The lowest BCUT2D eigenvalue weighted by molar-refractivity contribution is 0.0945. The Hall–Kier alpha value is -2.54. The fourth-order valence-corrected chi connectivity index (χ4v) is 2.33. The Morgan fingerprint density at radius 2 is 2.20 bits per heavy atom. The number of hydrogen-bond acceptors (Lipinski definition) is 5. The van der Waals surface area contributed by atoms with E-state index in [-0.39, 0.29) is 18.0 Å². The van der Waals surface area contributed by atoms with Gasteiger partial charge in [0.1, 0.15) is 11.5 Å². The molecule has 100 valence electrons. The Kier molecular flexibility index (Phi) is 3.26. The van der Waals surface area contributed by atoms with E-state index in [1.165, 1.54) is 11.3 Å². The minimum atomic E-state index is -0.290. The maximum Gasteiger partial charge on any atom is 0.271 e. The highest BCUT2D eigenvalue weighted by molar-refractivity contribution is 7.07. The van der Waals surface area contributed by atoms with Crippen molar-refractivity contribution in [3.05, 3.63) is 57.0 Å². The lowest BCUT2D eigenvalue weighted by atomic mass is 10.2. The van der Waals surface area contributed by atoms with Gasteiger partial charge in [0, 0.05) is 5.38 Å². The summed E-state index contributed by atoms with van der Waals surface area (Å²) >= 11 is 1.35. The number of benzene rings is 1. The van der Waals surface area contributed by atoms with Crippen LogP contribution in [0.15, 0.2) is 40.0 Å². The molecule has 0 unspecified atom stereocenters. The summed E-state index contributed by atoms with van der Waals surface area (Å²) < 4.78 is 0. The van der Waals surface area contributed by atoms with Crippen molar-refractivity contribution in [1.82, 2.24) is 20.3 Å². The number of thiazole rings is 1. The van der Waals surface area contributed by atoms with Gasteiger partial charge in [0.15, 0.2) is 0 Å². The van der Waals surface area contributed by atoms with Crippen LogP contribution in [0.25, 0.3) is 10.9 Å². The first-order valence-corrected chi connectivity index (χ1v) is 6.82. The van der Waals surface area contributed by atoms with Crippen molar-refractivity contribution in [2.24, 2.45) is 0 Å². The van der Waals surface area contributed by atoms with E-state index < -0.39 is 0 Å².